The number of aliphatic hydroxyl groups excluding tert-OH is 5. The third-order valence-corrected chi connectivity index (χ3v) is 3.76. The highest BCUT2D eigenvalue weighted by molar-refractivity contribution is 5.93. The first-order chi connectivity index (χ1) is 11.8. The number of hydrogen-bond donors (Lipinski definition) is 7. The van der Waals surface area contributed by atoms with Gasteiger partial charge in [0.15, 0.2) is 0 Å². The molecule has 26 heavy (non-hydrogen) atoms. The van der Waals surface area contributed by atoms with Crippen molar-refractivity contribution >= 4 is 18.1 Å². The first kappa shape index (κ1) is 22.3. The lowest BCUT2D eigenvalue weighted by molar-refractivity contribution is -0.391. The number of esters is 2. The molecule has 7 atom stereocenters. The predicted octanol–water partition coefficient (Wildman–Crippen LogP) is -4.51. The van der Waals surface area contributed by atoms with E-state index in [0.717, 1.165) is 6.92 Å². The summed E-state index contributed by atoms with van der Waals surface area (Å²) in [6.45, 7) is 0.495. The van der Waals surface area contributed by atoms with Crippen LogP contribution in [0.25, 0.3) is 0 Å². The van der Waals surface area contributed by atoms with E-state index in [0.29, 0.717) is 6.92 Å². The summed E-state index contributed by atoms with van der Waals surface area (Å²) in [6.07, 6.45) is -11.9. The monoisotopic (exact) mass is 384 g/mol. The quantitative estimate of drug-likeness (QED) is 0.179. The van der Waals surface area contributed by atoms with E-state index in [9.17, 15) is 39.9 Å². The molecule has 0 aromatic carbocycles. The Balaban J connectivity index is 3.00. The van der Waals surface area contributed by atoms with E-state index in [2.05, 4.69) is 9.47 Å². The largest absolute Gasteiger partial charge is 0.524 e. The van der Waals surface area contributed by atoms with Gasteiger partial charge in [-0.05, 0) is 13.8 Å². The van der Waals surface area contributed by atoms with E-state index < -0.39 is 66.6 Å². The highest BCUT2D eigenvalue weighted by atomic mass is 16.8. The van der Waals surface area contributed by atoms with E-state index >= 15 is 0 Å². The van der Waals surface area contributed by atoms with Crippen LogP contribution in [-0.4, -0.2) is 102 Å². The third kappa shape index (κ3) is 3.99. The Kier molecular flexibility index (Phi) is 6.78. The van der Waals surface area contributed by atoms with Gasteiger partial charge in [-0.2, -0.15) is 0 Å². The van der Waals surface area contributed by atoms with Crippen LogP contribution >= 0.6 is 0 Å². The minimum Gasteiger partial charge on any atom is -0.394 e. The van der Waals surface area contributed by atoms with Gasteiger partial charge in [0.2, 0.25) is 11.4 Å². The van der Waals surface area contributed by atoms with Crippen molar-refractivity contribution in [3.8, 4) is 0 Å². The van der Waals surface area contributed by atoms with E-state index in [1.165, 1.54) is 0 Å². The van der Waals surface area contributed by atoms with Crippen LogP contribution < -0.4 is 0 Å². The fraction of sp³-hybridized carbons (Fsp3) is 0.769. The summed E-state index contributed by atoms with van der Waals surface area (Å²) in [5, 5.41) is 67.7. The molecule has 1 rings (SSSR count). The predicted molar refractivity (Wildman–Crippen MR) is 74.8 cm³/mol. The van der Waals surface area contributed by atoms with Crippen molar-refractivity contribution in [2.75, 3.05) is 6.61 Å². The molecule has 0 aliphatic carbocycles. The molecular formula is C13H20O13. The Morgan fingerprint density at radius 2 is 1.73 bits per heavy atom. The third-order valence-electron chi connectivity index (χ3n) is 3.76. The van der Waals surface area contributed by atoms with Gasteiger partial charge in [-0.15, -0.1) is 0 Å². The summed E-state index contributed by atoms with van der Waals surface area (Å²) in [5.74, 6) is -6.78. The van der Waals surface area contributed by atoms with Crippen molar-refractivity contribution in [2.45, 2.75) is 55.8 Å². The van der Waals surface area contributed by atoms with Crippen LogP contribution in [0.15, 0.2) is 0 Å². The topological polar surface area (TPSA) is 221 Å². The maximum atomic E-state index is 12.0. The van der Waals surface area contributed by atoms with E-state index in [1.807, 2.05) is 0 Å². The molecule has 1 saturated heterocycles. The molecule has 0 spiro atoms. The molecule has 1 aliphatic heterocycles. The number of carbonyl (C=O) groups is 3. The maximum Gasteiger partial charge on any atom is 0.524 e. The fourth-order valence-corrected chi connectivity index (χ4v) is 2.07. The molecular weight excluding hydrogens is 364 g/mol. The Morgan fingerprint density at radius 1 is 1.19 bits per heavy atom. The Labute approximate surface area is 145 Å². The second kappa shape index (κ2) is 7.89. The van der Waals surface area contributed by atoms with Crippen LogP contribution in [0.3, 0.4) is 0 Å². The average molecular weight is 384 g/mol. The molecule has 3 unspecified atom stereocenters. The lowest BCUT2D eigenvalue weighted by Gasteiger charge is -2.49. The Hall–Kier alpha value is -1.71. The molecule has 0 bridgehead atoms. The van der Waals surface area contributed by atoms with Gasteiger partial charge in [0.1, 0.15) is 30.5 Å². The van der Waals surface area contributed by atoms with Crippen LogP contribution in [-0.2, 0) is 23.8 Å². The number of hydrogen-bond acceptors (Lipinski definition) is 13. The zero-order chi connectivity index (χ0) is 20.4. The molecule has 13 nitrogen and oxygen atoms in total. The SMILES string of the molecule is CC(O)C(=O)OC(=O)OC(=O)C(C)(O)C1(O)O[C@H](CO)[C@@H](O)[C@H](O)[C@H]1O. The first-order valence-corrected chi connectivity index (χ1v) is 7.23. The molecule has 0 radical (unpaired) electrons. The number of carbonyl (C=O) groups excluding carboxylic acids is 3. The van der Waals surface area contributed by atoms with E-state index in [1.54, 1.807) is 0 Å². The lowest BCUT2D eigenvalue weighted by atomic mass is 9.82. The van der Waals surface area contributed by atoms with Crippen LogP contribution in [0.5, 0.6) is 0 Å². The molecule has 0 amide bonds. The molecule has 0 saturated carbocycles. The number of aliphatic hydroxyl groups is 7. The highest BCUT2D eigenvalue weighted by Gasteiger charge is 2.65. The molecule has 7 N–H and O–H groups in total. The number of ether oxygens (including phenoxy) is 3. The summed E-state index contributed by atoms with van der Waals surface area (Å²) in [4.78, 5) is 34.3. The van der Waals surface area contributed by atoms with Crippen molar-refractivity contribution in [3.05, 3.63) is 0 Å². The second-order valence-electron chi connectivity index (χ2n) is 5.77. The van der Waals surface area contributed by atoms with Crippen LogP contribution in [0.1, 0.15) is 13.8 Å². The normalized spacial score (nSPS) is 35.1. The molecule has 1 aliphatic rings. The standard InChI is InChI=1S/C13H20O13/c1-4(15)9(19)24-11(21)25-10(20)12(2,22)13(23)8(18)7(17)6(16)5(3-14)26-13/h4-8,14-18,22-23H,3H2,1-2H3/t4?,5-,6-,7+,8-,12?,13?/m1/s1. The van der Waals surface area contributed by atoms with Gasteiger partial charge in [0, 0.05) is 0 Å². The summed E-state index contributed by atoms with van der Waals surface area (Å²) in [5.41, 5.74) is -3.24. The summed E-state index contributed by atoms with van der Waals surface area (Å²) in [7, 11) is 0. The summed E-state index contributed by atoms with van der Waals surface area (Å²) < 4.78 is 12.6. The van der Waals surface area contributed by atoms with Gasteiger partial charge in [-0.3, -0.25) is 0 Å². The van der Waals surface area contributed by atoms with Crippen molar-refractivity contribution in [1.82, 2.24) is 0 Å². The van der Waals surface area contributed by atoms with Gasteiger partial charge in [-0.25, -0.2) is 14.4 Å². The number of rotatable bonds is 4. The van der Waals surface area contributed by atoms with Crippen LogP contribution in [0.4, 0.5) is 4.79 Å². The average Bonchev–Trinajstić information content (AvgIpc) is 2.55. The first-order valence-electron chi connectivity index (χ1n) is 7.23. The summed E-state index contributed by atoms with van der Waals surface area (Å²) in [6, 6.07) is 0. The van der Waals surface area contributed by atoms with E-state index in [-0.39, 0.29) is 0 Å². The molecule has 13 heteroatoms. The molecule has 150 valence electrons. The molecule has 0 aromatic heterocycles. The molecule has 1 heterocycles. The molecule has 0 aromatic rings. The van der Waals surface area contributed by atoms with Crippen molar-refractivity contribution in [3.63, 3.8) is 0 Å². The lowest BCUT2D eigenvalue weighted by Crippen LogP contribution is -2.74. The minimum atomic E-state index is -3.33. The fourth-order valence-electron chi connectivity index (χ4n) is 2.07. The van der Waals surface area contributed by atoms with E-state index in [4.69, 9.17) is 14.9 Å². The zero-order valence-corrected chi connectivity index (χ0v) is 13.7. The van der Waals surface area contributed by atoms with Crippen molar-refractivity contribution in [2.24, 2.45) is 0 Å². The Morgan fingerprint density at radius 3 is 2.19 bits per heavy atom. The molecule has 1 fully saturated rings. The smallest absolute Gasteiger partial charge is 0.394 e. The van der Waals surface area contributed by atoms with Crippen molar-refractivity contribution in [1.29, 1.82) is 0 Å². The zero-order valence-electron chi connectivity index (χ0n) is 13.7. The highest BCUT2D eigenvalue weighted by Crippen LogP contribution is 2.37. The van der Waals surface area contributed by atoms with Crippen LogP contribution in [0, 0.1) is 0 Å². The maximum absolute atomic E-state index is 12.0. The van der Waals surface area contributed by atoms with Crippen molar-refractivity contribution < 1.29 is 64.3 Å². The van der Waals surface area contributed by atoms with Gasteiger partial charge < -0.3 is 50.0 Å². The van der Waals surface area contributed by atoms with Crippen LogP contribution in [0.2, 0.25) is 0 Å². The Bertz CT molecular complexity index is 556. The van der Waals surface area contributed by atoms with Gasteiger partial charge >= 0.3 is 18.1 Å². The minimum absolute atomic E-state index is 0.529. The summed E-state index contributed by atoms with van der Waals surface area (Å²) >= 11 is 0. The second-order valence-corrected chi connectivity index (χ2v) is 5.77. The van der Waals surface area contributed by atoms with Gasteiger partial charge in [0.05, 0.1) is 6.61 Å². The van der Waals surface area contributed by atoms with Gasteiger partial charge in [0.25, 0.3) is 0 Å². The van der Waals surface area contributed by atoms with Gasteiger partial charge in [-0.1, -0.05) is 0 Å².